The summed E-state index contributed by atoms with van der Waals surface area (Å²) in [6.45, 7) is 5.79. The Morgan fingerprint density at radius 2 is 1.85 bits per heavy atom. The molecule has 2 N–H and O–H groups in total. The van der Waals surface area contributed by atoms with E-state index in [2.05, 4.69) is 45.8 Å². The Balaban J connectivity index is 1.41. The molecular weight excluding hydrogens is 356 g/mol. The van der Waals surface area contributed by atoms with Crippen LogP contribution in [0.15, 0.2) is 47.7 Å². The molecule has 0 saturated heterocycles. The number of aliphatic imine (C=N–C) groups is 1. The summed E-state index contributed by atoms with van der Waals surface area (Å²) in [5.41, 5.74) is 3.39. The van der Waals surface area contributed by atoms with Crippen LogP contribution >= 0.6 is 11.3 Å². The smallest absolute Gasteiger partial charge is 0.191 e. The van der Waals surface area contributed by atoms with Crippen LogP contribution < -0.4 is 10.6 Å². The van der Waals surface area contributed by atoms with E-state index in [1.165, 1.54) is 15.4 Å². The molecule has 0 atom stereocenters. The van der Waals surface area contributed by atoms with Crippen LogP contribution in [-0.4, -0.2) is 40.9 Å². The van der Waals surface area contributed by atoms with Gasteiger partial charge in [-0.15, -0.1) is 11.3 Å². The van der Waals surface area contributed by atoms with Gasteiger partial charge in [0.2, 0.25) is 0 Å². The van der Waals surface area contributed by atoms with Crippen LogP contribution in [0.1, 0.15) is 21.1 Å². The largest absolute Gasteiger partial charge is 0.356 e. The van der Waals surface area contributed by atoms with E-state index >= 15 is 0 Å². The number of nitrogens with one attached hydrogen (secondary N) is 2. The van der Waals surface area contributed by atoms with E-state index in [1.54, 1.807) is 18.4 Å². The number of nitrogens with zero attached hydrogens (tertiary/aromatic N) is 4. The number of benzene rings is 1. The van der Waals surface area contributed by atoms with Gasteiger partial charge in [0.15, 0.2) is 5.96 Å². The lowest BCUT2D eigenvalue weighted by Gasteiger charge is -2.10. The molecule has 1 aromatic carbocycles. The quantitative estimate of drug-likeness (QED) is 0.487. The zero-order valence-corrected chi connectivity index (χ0v) is 16.9. The molecular formula is C20H26N6S. The Bertz CT molecular complexity index is 862. The summed E-state index contributed by atoms with van der Waals surface area (Å²) < 4.78 is 1.90. The van der Waals surface area contributed by atoms with Crippen LogP contribution in [-0.2, 0) is 12.8 Å². The third-order valence-corrected chi connectivity index (χ3v) is 5.42. The Kier molecular flexibility index (Phi) is 6.59. The summed E-state index contributed by atoms with van der Waals surface area (Å²) in [4.78, 5) is 10.1. The highest BCUT2D eigenvalue weighted by molar-refractivity contribution is 7.11. The minimum absolute atomic E-state index is 0.801. The molecule has 7 heteroatoms. The first-order valence-corrected chi connectivity index (χ1v) is 9.94. The van der Waals surface area contributed by atoms with Crippen molar-refractivity contribution in [2.45, 2.75) is 26.7 Å². The number of aromatic nitrogens is 3. The number of guanidine groups is 1. The molecule has 0 fully saturated rings. The van der Waals surface area contributed by atoms with Gasteiger partial charge in [0.1, 0.15) is 0 Å². The van der Waals surface area contributed by atoms with Gasteiger partial charge < -0.3 is 10.6 Å². The SMILES string of the molecule is CN=C(NCCc1cnn(-c2ccccc2)c1)NCCc1nc(C)c(C)s1. The number of hydrogen-bond donors (Lipinski definition) is 2. The summed E-state index contributed by atoms with van der Waals surface area (Å²) in [5.74, 6) is 0.815. The first-order chi connectivity index (χ1) is 13.2. The lowest BCUT2D eigenvalue weighted by molar-refractivity contribution is 0.781. The van der Waals surface area contributed by atoms with Gasteiger partial charge in [0.25, 0.3) is 0 Å². The fraction of sp³-hybridized carbons (Fsp3) is 0.350. The van der Waals surface area contributed by atoms with E-state index in [4.69, 9.17) is 0 Å². The molecule has 3 aromatic rings. The lowest BCUT2D eigenvalue weighted by Crippen LogP contribution is -2.39. The summed E-state index contributed by atoms with van der Waals surface area (Å²) >= 11 is 1.77. The van der Waals surface area contributed by atoms with E-state index in [9.17, 15) is 0 Å². The summed E-state index contributed by atoms with van der Waals surface area (Å²) in [5, 5.41) is 12.3. The highest BCUT2D eigenvalue weighted by Gasteiger charge is 2.05. The Labute approximate surface area is 164 Å². The molecule has 0 aliphatic heterocycles. The topological polar surface area (TPSA) is 67.1 Å². The van der Waals surface area contributed by atoms with Crippen LogP contribution in [0.25, 0.3) is 5.69 Å². The maximum absolute atomic E-state index is 4.57. The van der Waals surface area contributed by atoms with Crippen molar-refractivity contribution in [3.8, 4) is 5.69 Å². The average Bonchev–Trinajstić information content (AvgIpc) is 3.28. The number of rotatable bonds is 7. The van der Waals surface area contributed by atoms with Crippen LogP contribution in [0.4, 0.5) is 0 Å². The average molecular weight is 383 g/mol. The van der Waals surface area contributed by atoms with Gasteiger partial charge in [-0.3, -0.25) is 4.99 Å². The minimum atomic E-state index is 0.801. The minimum Gasteiger partial charge on any atom is -0.356 e. The number of aryl methyl sites for hydroxylation is 2. The second kappa shape index (κ2) is 9.32. The standard InChI is InChI=1S/C20H26N6S/c1-15-16(2)27-19(25-15)10-12-23-20(21-3)22-11-9-17-13-24-26(14-17)18-7-5-4-6-8-18/h4-8,13-14H,9-12H2,1-3H3,(H2,21,22,23). The van der Waals surface area contributed by atoms with E-state index in [-0.39, 0.29) is 0 Å². The van der Waals surface area contributed by atoms with Gasteiger partial charge >= 0.3 is 0 Å². The Hall–Kier alpha value is -2.67. The van der Waals surface area contributed by atoms with Crippen LogP contribution in [0.5, 0.6) is 0 Å². The molecule has 0 aliphatic carbocycles. The second-order valence-corrected chi connectivity index (χ2v) is 7.59. The molecule has 6 nitrogen and oxygen atoms in total. The normalized spacial score (nSPS) is 11.6. The maximum Gasteiger partial charge on any atom is 0.191 e. The molecule has 3 rings (SSSR count). The molecule has 27 heavy (non-hydrogen) atoms. The van der Waals surface area contributed by atoms with Crippen molar-refractivity contribution < 1.29 is 0 Å². The molecule has 0 radical (unpaired) electrons. The highest BCUT2D eigenvalue weighted by atomic mass is 32.1. The van der Waals surface area contributed by atoms with E-state index in [0.29, 0.717) is 0 Å². The molecule has 142 valence electrons. The monoisotopic (exact) mass is 382 g/mol. The van der Waals surface area contributed by atoms with E-state index in [1.807, 2.05) is 41.2 Å². The van der Waals surface area contributed by atoms with Crippen molar-refractivity contribution in [1.29, 1.82) is 0 Å². The van der Waals surface area contributed by atoms with Crippen molar-refractivity contribution in [3.05, 3.63) is 63.9 Å². The number of hydrogen-bond acceptors (Lipinski definition) is 4. The first kappa shape index (κ1) is 19.1. The number of para-hydroxylation sites is 1. The first-order valence-electron chi connectivity index (χ1n) is 9.12. The summed E-state index contributed by atoms with van der Waals surface area (Å²) in [7, 11) is 1.79. The predicted octanol–water partition coefficient (Wildman–Crippen LogP) is 2.90. The molecule has 0 unspecified atom stereocenters. The zero-order valence-electron chi connectivity index (χ0n) is 16.1. The van der Waals surface area contributed by atoms with Crippen LogP contribution in [0, 0.1) is 13.8 Å². The van der Waals surface area contributed by atoms with E-state index in [0.717, 1.165) is 43.3 Å². The molecule has 0 spiro atoms. The van der Waals surface area contributed by atoms with Crippen LogP contribution in [0.3, 0.4) is 0 Å². The maximum atomic E-state index is 4.57. The molecule has 0 bridgehead atoms. The van der Waals surface area contributed by atoms with Gasteiger partial charge in [-0.1, -0.05) is 18.2 Å². The van der Waals surface area contributed by atoms with Crippen molar-refractivity contribution in [2.75, 3.05) is 20.1 Å². The fourth-order valence-corrected chi connectivity index (χ4v) is 3.62. The van der Waals surface area contributed by atoms with Crippen molar-refractivity contribution in [2.24, 2.45) is 4.99 Å². The third kappa shape index (κ3) is 5.40. The van der Waals surface area contributed by atoms with Gasteiger partial charge in [0, 0.05) is 37.6 Å². The van der Waals surface area contributed by atoms with Crippen LogP contribution in [0.2, 0.25) is 0 Å². The van der Waals surface area contributed by atoms with Crippen molar-refractivity contribution >= 4 is 17.3 Å². The Morgan fingerprint density at radius 3 is 2.52 bits per heavy atom. The highest BCUT2D eigenvalue weighted by Crippen LogP contribution is 2.16. The fourth-order valence-electron chi connectivity index (χ4n) is 2.69. The lowest BCUT2D eigenvalue weighted by atomic mass is 10.2. The molecule has 0 aliphatic rings. The predicted molar refractivity (Wildman–Crippen MR) is 112 cm³/mol. The summed E-state index contributed by atoms with van der Waals surface area (Å²) in [6, 6.07) is 10.1. The Morgan fingerprint density at radius 1 is 1.11 bits per heavy atom. The molecule has 2 aromatic heterocycles. The van der Waals surface area contributed by atoms with Crippen molar-refractivity contribution in [1.82, 2.24) is 25.4 Å². The summed E-state index contributed by atoms with van der Waals surface area (Å²) in [6.07, 6.45) is 5.78. The van der Waals surface area contributed by atoms with Crippen molar-refractivity contribution in [3.63, 3.8) is 0 Å². The van der Waals surface area contributed by atoms with Gasteiger partial charge in [-0.25, -0.2) is 9.67 Å². The second-order valence-electron chi connectivity index (χ2n) is 6.30. The molecule has 0 saturated carbocycles. The van der Waals surface area contributed by atoms with Gasteiger partial charge in [0.05, 0.1) is 22.6 Å². The van der Waals surface area contributed by atoms with E-state index < -0.39 is 0 Å². The number of thiazole rings is 1. The van der Waals surface area contributed by atoms with Gasteiger partial charge in [-0.2, -0.15) is 5.10 Å². The third-order valence-electron chi connectivity index (χ3n) is 4.29. The zero-order chi connectivity index (χ0) is 19.1. The molecule has 0 amide bonds. The van der Waals surface area contributed by atoms with Gasteiger partial charge in [-0.05, 0) is 38.0 Å². The molecule has 2 heterocycles.